The average Bonchev–Trinajstić information content (AvgIpc) is 2.67. The third-order valence-corrected chi connectivity index (χ3v) is 3.47. The molecule has 1 aromatic heterocycles. The molecule has 0 aromatic carbocycles. The van der Waals surface area contributed by atoms with Gasteiger partial charge in [0, 0.05) is 12.2 Å². The van der Waals surface area contributed by atoms with E-state index in [2.05, 4.69) is 9.55 Å². The minimum absolute atomic E-state index is 0.512. The topological polar surface area (TPSA) is 17.8 Å². The number of hydrogen-bond donors (Lipinski definition) is 0. The fourth-order valence-corrected chi connectivity index (χ4v) is 2.35. The molecule has 84 valence electrons. The van der Waals surface area contributed by atoms with Crippen molar-refractivity contribution >= 4 is 34.8 Å². The first kappa shape index (κ1) is 11.6. The van der Waals surface area contributed by atoms with E-state index in [4.69, 9.17) is 34.8 Å². The second kappa shape index (κ2) is 4.52. The zero-order valence-corrected chi connectivity index (χ0v) is 10.6. The molecule has 2 nitrogen and oxygen atoms in total. The lowest BCUT2D eigenvalue weighted by atomic mass is 9.95. The predicted molar refractivity (Wildman–Crippen MR) is 63.6 cm³/mol. The van der Waals surface area contributed by atoms with Gasteiger partial charge in [-0.15, -0.1) is 0 Å². The van der Waals surface area contributed by atoms with Crippen LogP contribution in [-0.4, -0.2) is 9.55 Å². The lowest BCUT2D eigenvalue weighted by molar-refractivity contribution is 0.353. The zero-order chi connectivity index (χ0) is 10.9. The molecule has 0 amide bonds. The van der Waals surface area contributed by atoms with Crippen molar-refractivity contribution in [3.05, 3.63) is 18.2 Å². The Bertz CT molecular complexity index is 324. The van der Waals surface area contributed by atoms with Crippen LogP contribution in [0, 0.1) is 0 Å². The summed E-state index contributed by atoms with van der Waals surface area (Å²) in [5.74, 6) is 0. The molecule has 15 heavy (non-hydrogen) atoms. The average molecular weight is 268 g/mol. The molecule has 0 unspecified atom stereocenters. The number of rotatable bonds is 1. The van der Waals surface area contributed by atoms with Gasteiger partial charge < -0.3 is 4.57 Å². The molecule has 0 atom stereocenters. The number of alkyl halides is 3. The van der Waals surface area contributed by atoms with Gasteiger partial charge in [-0.25, -0.2) is 4.98 Å². The van der Waals surface area contributed by atoms with E-state index < -0.39 is 3.79 Å². The van der Waals surface area contributed by atoms with Gasteiger partial charge in [0.15, 0.2) is 0 Å². The summed E-state index contributed by atoms with van der Waals surface area (Å²) in [6.07, 6.45) is 9.93. The van der Waals surface area contributed by atoms with Crippen LogP contribution >= 0.6 is 34.8 Å². The summed E-state index contributed by atoms with van der Waals surface area (Å²) in [6, 6.07) is 0.535. The van der Waals surface area contributed by atoms with Crippen molar-refractivity contribution in [2.45, 2.75) is 41.9 Å². The fraction of sp³-hybridized carbons (Fsp3) is 0.700. The zero-order valence-electron chi connectivity index (χ0n) is 8.30. The van der Waals surface area contributed by atoms with Crippen LogP contribution in [0.15, 0.2) is 12.5 Å². The third-order valence-electron chi connectivity index (χ3n) is 2.89. The van der Waals surface area contributed by atoms with E-state index in [-0.39, 0.29) is 0 Å². The maximum absolute atomic E-state index is 5.77. The lowest BCUT2D eigenvalue weighted by Crippen LogP contribution is -2.11. The number of nitrogens with zero attached hydrogens (tertiary/aromatic N) is 2. The van der Waals surface area contributed by atoms with Gasteiger partial charge >= 0.3 is 0 Å². The SMILES string of the molecule is ClC(Cl)(Cl)c1cn(C2CCCCC2)cn1. The van der Waals surface area contributed by atoms with Crippen LogP contribution in [0.3, 0.4) is 0 Å². The van der Waals surface area contributed by atoms with Crippen LogP contribution in [0.4, 0.5) is 0 Å². The minimum atomic E-state index is -1.40. The van der Waals surface area contributed by atoms with Crippen molar-refractivity contribution in [2.75, 3.05) is 0 Å². The maximum Gasteiger partial charge on any atom is 0.234 e. The molecule has 0 saturated heterocycles. The van der Waals surface area contributed by atoms with Gasteiger partial charge in [-0.1, -0.05) is 54.1 Å². The van der Waals surface area contributed by atoms with Crippen LogP contribution in [-0.2, 0) is 3.79 Å². The molecule has 0 N–H and O–H groups in total. The molecule has 0 radical (unpaired) electrons. The Labute approximate surface area is 105 Å². The van der Waals surface area contributed by atoms with Crippen LogP contribution in [0.25, 0.3) is 0 Å². The highest BCUT2D eigenvalue weighted by Gasteiger charge is 2.27. The van der Waals surface area contributed by atoms with E-state index in [9.17, 15) is 0 Å². The number of imidazole rings is 1. The molecule has 1 fully saturated rings. The first-order chi connectivity index (χ1) is 7.07. The van der Waals surface area contributed by atoms with Gasteiger partial charge in [-0.05, 0) is 12.8 Å². The van der Waals surface area contributed by atoms with Crippen LogP contribution in [0.2, 0.25) is 0 Å². The number of hydrogen-bond acceptors (Lipinski definition) is 1. The molecule has 0 spiro atoms. The highest BCUT2D eigenvalue weighted by atomic mass is 35.6. The summed E-state index contributed by atoms with van der Waals surface area (Å²) in [4.78, 5) is 4.13. The van der Waals surface area contributed by atoms with Gasteiger partial charge in [0.05, 0.1) is 6.33 Å². The van der Waals surface area contributed by atoms with E-state index >= 15 is 0 Å². The van der Waals surface area contributed by atoms with Crippen molar-refractivity contribution in [1.82, 2.24) is 9.55 Å². The van der Waals surface area contributed by atoms with Crippen molar-refractivity contribution < 1.29 is 0 Å². The van der Waals surface area contributed by atoms with Crippen molar-refractivity contribution in [3.63, 3.8) is 0 Å². The van der Waals surface area contributed by atoms with Gasteiger partial charge in [-0.2, -0.15) is 0 Å². The van der Waals surface area contributed by atoms with Gasteiger partial charge in [0.25, 0.3) is 0 Å². The monoisotopic (exact) mass is 266 g/mol. The Hall–Kier alpha value is 0.0800. The Balaban J connectivity index is 2.12. The number of halogens is 3. The molecule has 5 heteroatoms. The molecule has 1 aliphatic carbocycles. The van der Waals surface area contributed by atoms with E-state index in [1.165, 1.54) is 32.1 Å². The summed E-state index contributed by atoms with van der Waals surface area (Å²) in [7, 11) is 0. The highest BCUT2D eigenvalue weighted by molar-refractivity contribution is 6.66. The fourth-order valence-electron chi connectivity index (χ4n) is 2.06. The first-order valence-electron chi connectivity index (χ1n) is 5.18. The van der Waals surface area contributed by atoms with Crippen molar-refractivity contribution in [2.24, 2.45) is 0 Å². The summed E-state index contributed by atoms with van der Waals surface area (Å²) >= 11 is 17.3. The second-order valence-corrected chi connectivity index (χ2v) is 6.28. The Morgan fingerprint density at radius 3 is 2.40 bits per heavy atom. The Kier molecular flexibility index (Phi) is 3.49. The normalized spacial score (nSPS) is 19.4. The third kappa shape index (κ3) is 2.80. The van der Waals surface area contributed by atoms with Gasteiger partial charge in [-0.3, -0.25) is 0 Å². The van der Waals surface area contributed by atoms with Crippen molar-refractivity contribution in [3.8, 4) is 0 Å². The van der Waals surface area contributed by atoms with E-state index in [0.717, 1.165) is 0 Å². The largest absolute Gasteiger partial charge is 0.334 e. The summed E-state index contributed by atoms with van der Waals surface area (Å²) < 4.78 is 0.677. The smallest absolute Gasteiger partial charge is 0.234 e. The molecule has 1 aromatic rings. The molecule has 1 aliphatic rings. The Morgan fingerprint density at radius 2 is 1.87 bits per heavy atom. The second-order valence-electron chi connectivity index (χ2n) is 4.00. The van der Waals surface area contributed by atoms with Crippen molar-refractivity contribution in [1.29, 1.82) is 0 Å². The molecular formula is C10H13Cl3N2. The van der Waals surface area contributed by atoms with E-state index in [0.29, 0.717) is 11.7 Å². The van der Waals surface area contributed by atoms with Gasteiger partial charge in [0.1, 0.15) is 5.69 Å². The summed E-state index contributed by atoms with van der Waals surface area (Å²) in [5, 5.41) is 0. The maximum atomic E-state index is 5.77. The molecule has 1 heterocycles. The quantitative estimate of drug-likeness (QED) is 0.697. The Morgan fingerprint density at radius 1 is 1.20 bits per heavy atom. The van der Waals surface area contributed by atoms with Crippen LogP contribution < -0.4 is 0 Å². The van der Waals surface area contributed by atoms with Gasteiger partial charge in [0.2, 0.25) is 3.79 Å². The molecule has 1 saturated carbocycles. The van der Waals surface area contributed by atoms with Crippen LogP contribution in [0.5, 0.6) is 0 Å². The summed E-state index contributed by atoms with van der Waals surface area (Å²) in [6.45, 7) is 0. The first-order valence-corrected chi connectivity index (χ1v) is 6.31. The standard InChI is InChI=1S/C10H13Cl3N2/c11-10(12,13)9-6-15(7-14-9)8-4-2-1-3-5-8/h6-8H,1-5H2. The molecular weight excluding hydrogens is 254 g/mol. The van der Waals surface area contributed by atoms with Crippen LogP contribution in [0.1, 0.15) is 43.8 Å². The number of aromatic nitrogens is 2. The minimum Gasteiger partial charge on any atom is -0.334 e. The van der Waals surface area contributed by atoms with E-state index in [1.807, 2.05) is 6.20 Å². The molecule has 2 rings (SSSR count). The van der Waals surface area contributed by atoms with E-state index in [1.54, 1.807) is 6.33 Å². The molecule has 0 aliphatic heterocycles. The summed E-state index contributed by atoms with van der Waals surface area (Å²) in [5.41, 5.74) is 0.512. The molecule has 0 bridgehead atoms. The lowest BCUT2D eigenvalue weighted by Gasteiger charge is -2.22. The highest BCUT2D eigenvalue weighted by Crippen LogP contribution is 2.38. The predicted octanol–water partition coefficient (Wildman–Crippen LogP) is 4.22.